The smallest absolute Gasteiger partial charge is 0.255 e. The summed E-state index contributed by atoms with van der Waals surface area (Å²) in [6.45, 7) is 6.20. The number of halogens is 1. The van der Waals surface area contributed by atoms with Gasteiger partial charge in [-0.25, -0.2) is 9.37 Å². The van der Waals surface area contributed by atoms with E-state index in [4.69, 9.17) is 0 Å². The first kappa shape index (κ1) is 17.4. The molecule has 25 heavy (non-hydrogen) atoms. The lowest BCUT2D eigenvalue weighted by Gasteiger charge is -2.24. The van der Waals surface area contributed by atoms with Gasteiger partial charge in [-0.1, -0.05) is 18.2 Å². The van der Waals surface area contributed by atoms with Crippen LogP contribution in [0.15, 0.2) is 42.6 Å². The fraction of sp³-hybridized carbons (Fsp3) is 0.400. The first-order valence-electron chi connectivity index (χ1n) is 8.89. The molecule has 132 valence electrons. The molecule has 0 spiro atoms. The third-order valence-corrected chi connectivity index (χ3v) is 4.63. The van der Waals surface area contributed by atoms with Crippen molar-refractivity contribution in [1.29, 1.82) is 0 Å². The lowest BCUT2D eigenvalue weighted by atomic mass is 10.1. The van der Waals surface area contributed by atoms with Gasteiger partial charge in [-0.05, 0) is 44.9 Å². The van der Waals surface area contributed by atoms with Crippen LogP contribution in [-0.2, 0) is 6.54 Å². The van der Waals surface area contributed by atoms with Gasteiger partial charge in [0, 0.05) is 37.4 Å². The fourth-order valence-electron chi connectivity index (χ4n) is 2.98. The van der Waals surface area contributed by atoms with E-state index in [2.05, 4.69) is 23.7 Å². The van der Waals surface area contributed by atoms with Crippen molar-refractivity contribution in [2.75, 3.05) is 18.0 Å². The summed E-state index contributed by atoms with van der Waals surface area (Å²) in [7, 11) is 0. The Kier molecular flexibility index (Phi) is 5.31. The molecule has 1 amide bonds. The highest BCUT2D eigenvalue weighted by Crippen LogP contribution is 2.30. The van der Waals surface area contributed by atoms with Crippen molar-refractivity contribution in [3.05, 3.63) is 59.5 Å². The molecule has 1 saturated carbocycles. The fourth-order valence-corrected chi connectivity index (χ4v) is 2.98. The number of nitrogens with zero attached hydrogens (tertiary/aromatic N) is 3. The van der Waals surface area contributed by atoms with E-state index in [1.165, 1.54) is 6.07 Å². The minimum atomic E-state index is -0.268. The zero-order valence-corrected chi connectivity index (χ0v) is 14.8. The van der Waals surface area contributed by atoms with Crippen LogP contribution < -0.4 is 4.90 Å². The van der Waals surface area contributed by atoms with E-state index in [-0.39, 0.29) is 17.8 Å². The summed E-state index contributed by atoms with van der Waals surface area (Å²) in [5, 5.41) is 0. The minimum absolute atomic E-state index is 0.0793. The number of carbonyl (C=O) groups excluding carboxylic acids is 1. The topological polar surface area (TPSA) is 36.4 Å². The van der Waals surface area contributed by atoms with E-state index in [0.717, 1.165) is 31.7 Å². The molecule has 4 nitrogen and oxygen atoms in total. The molecule has 1 aromatic heterocycles. The van der Waals surface area contributed by atoms with Crippen LogP contribution in [0.1, 0.15) is 42.6 Å². The third kappa shape index (κ3) is 3.98. The summed E-state index contributed by atoms with van der Waals surface area (Å²) in [6, 6.07) is 10.5. The lowest BCUT2D eigenvalue weighted by Crippen LogP contribution is -2.33. The molecule has 1 aliphatic rings. The third-order valence-electron chi connectivity index (χ3n) is 4.63. The zero-order chi connectivity index (χ0) is 17.8. The zero-order valence-electron chi connectivity index (χ0n) is 14.8. The van der Waals surface area contributed by atoms with Gasteiger partial charge in [0.25, 0.3) is 5.91 Å². The second-order valence-corrected chi connectivity index (χ2v) is 6.33. The number of hydrogen-bond donors (Lipinski definition) is 0. The maximum Gasteiger partial charge on any atom is 0.255 e. The summed E-state index contributed by atoms with van der Waals surface area (Å²) in [5.41, 5.74) is 1.11. The molecule has 0 aliphatic heterocycles. The molecule has 1 heterocycles. The van der Waals surface area contributed by atoms with Crippen LogP contribution in [0, 0.1) is 5.82 Å². The molecule has 0 bridgehead atoms. The van der Waals surface area contributed by atoms with Gasteiger partial charge in [0.1, 0.15) is 11.6 Å². The highest BCUT2D eigenvalue weighted by atomic mass is 19.1. The Balaban J connectivity index is 1.78. The van der Waals surface area contributed by atoms with Gasteiger partial charge in [0.05, 0.1) is 5.56 Å². The Morgan fingerprint density at radius 1 is 1.16 bits per heavy atom. The number of carbonyl (C=O) groups is 1. The Bertz CT molecular complexity index is 724. The van der Waals surface area contributed by atoms with Gasteiger partial charge < -0.3 is 9.80 Å². The van der Waals surface area contributed by atoms with Crippen LogP contribution >= 0.6 is 0 Å². The molecular formula is C20H24FN3O. The number of pyridine rings is 1. The average molecular weight is 341 g/mol. The Morgan fingerprint density at radius 3 is 2.44 bits per heavy atom. The van der Waals surface area contributed by atoms with Crippen LogP contribution in [0.25, 0.3) is 0 Å². The molecule has 0 saturated heterocycles. The number of amides is 1. The van der Waals surface area contributed by atoms with E-state index >= 15 is 0 Å². The van der Waals surface area contributed by atoms with E-state index in [1.54, 1.807) is 29.3 Å². The van der Waals surface area contributed by atoms with Gasteiger partial charge in [0.15, 0.2) is 0 Å². The van der Waals surface area contributed by atoms with E-state index in [0.29, 0.717) is 17.7 Å². The van der Waals surface area contributed by atoms with Crippen LogP contribution in [0.2, 0.25) is 0 Å². The van der Waals surface area contributed by atoms with Gasteiger partial charge in [-0.3, -0.25) is 4.79 Å². The number of aromatic nitrogens is 1. The van der Waals surface area contributed by atoms with Crippen molar-refractivity contribution in [2.45, 2.75) is 39.3 Å². The van der Waals surface area contributed by atoms with E-state index in [1.807, 2.05) is 12.1 Å². The Morgan fingerprint density at radius 2 is 1.88 bits per heavy atom. The molecule has 2 aromatic rings. The first-order chi connectivity index (χ1) is 12.1. The first-order valence-corrected chi connectivity index (χ1v) is 8.89. The maximum atomic E-state index is 14.0. The van der Waals surface area contributed by atoms with Crippen molar-refractivity contribution < 1.29 is 9.18 Å². The van der Waals surface area contributed by atoms with Crippen molar-refractivity contribution in [2.24, 2.45) is 0 Å². The normalized spacial score (nSPS) is 13.6. The average Bonchev–Trinajstić information content (AvgIpc) is 3.47. The quantitative estimate of drug-likeness (QED) is 0.767. The molecule has 0 N–H and O–H groups in total. The molecule has 5 heteroatoms. The van der Waals surface area contributed by atoms with Crippen molar-refractivity contribution in [1.82, 2.24) is 9.88 Å². The molecular weight excluding hydrogens is 317 g/mol. The molecule has 0 radical (unpaired) electrons. The summed E-state index contributed by atoms with van der Waals surface area (Å²) < 4.78 is 14.0. The van der Waals surface area contributed by atoms with Gasteiger partial charge in [0.2, 0.25) is 0 Å². The number of anilines is 1. The van der Waals surface area contributed by atoms with E-state index in [9.17, 15) is 9.18 Å². The van der Waals surface area contributed by atoms with Crippen molar-refractivity contribution >= 4 is 11.7 Å². The largest absolute Gasteiger partial charge is 0.357 e. The second-order valence-electron chi connectivity index (χ2n) is 6.33. The number of rotatable bonds is 7. The minimum Gasteiger partial charge on any atom is -0.357 e. The summed E-state index contributed by atoms with van der Waals surface area (Å²) in [5.74, 6) is 0.522. The lowest BCUT2D eigenvalue weighted by molar-refractivity contribution is 0.0728. The summed E-state index contributed by atoms with van der Waals surface area (Å²) in [4.78, 5) is 21.2. The van der Waals surface area contributed by atoms with Crippen molar-refractivity contribution in [3.8, 4) is 0 Å². The highest BCUT2D eigenvalue weighted by Gasteiger charge is 2.33. The van der Waals surface area contributed by atoms with Crippen LogP contribution in [0.4, 0.5) is 10.2 Å². The van der Waals surface area contributed by atoms with Crippen LogP contribution in [-0.4, -0.2) is 34.9 Å². The molecule has 0 atom stereocenters. The summed E-state index contributed by atoms with van der Waals surface area (Å²) >= 11 is 0. The number of hydrogen-bond acceptors (Lipinski definition) is 3. The van der Waals surface area contributed by atoms with Crippen LogP contribution in [0.3, 0.4) is 0 Å². The molecule has 1 aromatic carbocycles. The maximum absolute atomic E-state index is 14.0. The molecule has 1 fully saturated rings. The second kappa shape index (κ2) is 7.64. The molecule has 1 aliphatic carbocycles. The van der Waals surface area contributed by atoms with E-state index < -0.39 is 0 Å². The van der Waals surface area contributed by atoms with Crippen LogP contribution in [0.5, 0.6) is 0 Å². The number of benzene rings is 1. The summed E-state index contributed by atoms with van der Waals surface area (Å²) in [6.07, 6.45) is 3.59. The van der Waals surface area contributed by atoms with Gasteiger partial charge in [-0.2, -0.15) is 0 Å². The highest BCUT2D eigenvalue weighted by molar-refractivity contribution is 5.94. The molecule has 3 rings (SSSR count). The standard InChI is InChI=1S/C20H24FN3O/c1-3-23(4-2)19-12-9-15(13-22-19)20(25)24(17-10-11-17)14-16-7-5-6-8-18(16)21/h5-9,12-13,17H,3-4,10-11,14H2,1-2H3. The van der Waals surface area contributed by atoms with Gasteiger partial charge in [-0.15, -0.1) is 0 Å². The van der Waals surface area contributed by atoms with Crippen molar-refractivity contribution in [3.63, 3.8) is 0 Å². The SMILES string of the molecule is CCN(CC)c1ccc(C(=O)N(Cc2ccccc2F)C2CC2)cn1. The van der Waals surface area contributed by atoms with Gasteiger partial charge >= 0.3 is 0 Å². The Hall–Kier alpha value is -2.43. The molecule has 0 unspecified atom stereocenters. The predicted octanol–water partition coefficient (Wildman–Crippen LogP) is 3.87. The monoisotopic (exact) mass is 341 g/mol. The Labute approximate surface area is 148 Å². The predicted molar refractivity (Wildman–Crippen MR) is 97.1 cm³/mol.